The number of hydrogen-bond donors (Lipinski definition) is 3. The molecule has 1 atom stereocenters. The molecular formula is C11H22N2O2. The summed E-state index contributed by atoms with van der Waals surface area (Å²) in [5.74, 6) is 0.150. The van der Waals surface area contributed by atoms with Crippen molar-refractivity contribution in [2.45, 2.75) is 44.6 Å². The van der Waals surface area contributed by atoms with E-state index in [9.17, 15) is 4.79 Å². The summed E-state index contributed by atoms with van der Waals surface area (Å²) in [6, 6.07) is 0.0246. The van der Waals surface area contributed by atoms with Gasteiger partial charge in [-0.2, -0.15) is 0 Å². The number of hydrogen-bond acceptors (Lipinski definition) is 3. The van der Waals surface area contributed by atoms with Crippen LogP contribution in [0.1, 0.15) is 38.5 Å². The van der Waals surface area contributed by atoms with Gasteiger partial charge in [-0.3, -0.25) is 4.79 Å². The molecule has 0 saturated carbocycles. The second-order valence-electron chi connectivity index (χ2n) is 4.08. The van der Waals surface area contributed by atoms with Crippen LogP contribution in [0.25, 0.3) is 0 Å². The molecule has 1 aliphatic heterocycles. The Morgan fingerprint density at radius 1 is 1.33 bits per heavy atom. The summed E-state index contributed by atoms with van der Waals surface area (Å²) in [4.78, 5) is 11.4. The fraction of sp³-hybridized carbons (Fsp3) is 0.909. The number of aliphatic hydroxyl groups excluding tert-OH is 1. The molecule has 1 rings (SSSR count). The van der Waals surface area contributed by atoms with Gasteiger partial charge in [-0.05, 0) is 32.2 Å². The Kier molecular flexibility index (Phi) is 6.36. The van der Waals surface area contributed by atoms with E-state index in [1.165, 1.54) is 0 Å². The molecule has 1 saturated heterocycles. The van der Waals surface area contributed by atoms with Crippen LogP contribution >= 0.6 is 0 Å². The fourth-order valence-electron chi connectivity index (χ4n) is 1.83. The molecule has 0 aliphatic carbocycles. The molecule has 1 unspecified atom stereocenters. The number of carbonyl (C=O) groups excluding carboxylic acids is 1. The molecule has 1 fully saturated rings. The van der Waals surface area contributed by atoms with Gasteiger partial charge in [0.2, 0.25) is 5.91 Å². The van der Waals surface area contributed by atoms with Crippen LogP contribution in [0.5, 0.6) is 0 Å². The summed E-state index contributed by atoms with van der Waals surface area (Å²) in [5, 5.41) is 14.7. The van der Waals surface area contributed by atoms with Gasteiger partial charge in [-0.15, -0.1) is 0 Å². The lowest BCUT2D eigenvalue weighted by atomic mass is 10.1. The molecular weight excluding hydrogens is 192 g/mol. The minimum atomic E-state index is 0.0246. The van der Waals surface area contributed by atoms with Crippen LogP contribution in [0.15, 0.2) is 0 Å². The van der Waals surface area contributed by atoms with E-state index in [2.05, 4.69) is 10.6 Å². The summed E-state index contributed by atoms with van der Waals surface area (Å²) in [6.07, 6.45) is 6.22. The zero-order chi connectivity index (χ0) is 10.9. The van der Waals surface area contributed by atoms with Crippen molar-refractivity contribution in [3.05, 3.63) is 0 Å². The van der Waals surface area contributed by atoms with E-state index in [1.54, 1.807) is 0 Å². The van der Waals surface area contributed by atoms with Crippen LogP contribution in [-0.4, -0.2) is 36.8 Å². The summed E-state index contributed by atoms with van der Waals surface area (Å²) >= 11 is 0. The number of amides is 1. The highest BCUT2D eigenvalue weighted by atomic mass is 16.2. The zero-order valence-corrected chi connectivity index (χ0v) is 9.30. The third-order valence-corrected chi connectivity index (χ3v) is 2.76. The molecule has 1 heterocycles. The molecule has 0 aromatic carbocycles. The molecule has 0 bridgehead atoms. The molecule has 88 valence electrons. The molecule has 3 N–H and O–H groups in total. The lowest BCUT2D eigenvalue weighted by molar-refractivity contribution is -0.124. The first-order valence-corrected chi connectivity index (χ1v) is 5.96. The Bertz CT molecular complexity index is 185. The summed E-state index contributed by atoms with van der Waals surface area (Å²) in [5.41, 5.74) is 0. The van der Waals surface area contributed by atoms with E-state index < -0.39 is 0 Å². The number of nitrogens with one attached hydrogen (secondary N) is 2. The molecule has 0 aromatic rings. The molecule has 4 nitrogen and oxygen atoms in total. The number of unbranched alkanes of at least 4 members (excludes halogenated alkanes) is 3. The van der Waals surface area contributed by atoms with E-state index in [0.29, 0.717) is 6.61 Å². The van der Waals surface area contributed by atoms with Gasteiger partial charge in [0.05, 0.1) is 6.04 Å². The number of carbonyl (C=O) groups is 1. The highest BCUT2D eigenvalue weighted by molar-refractivity contribution is 5.82. The van der Waals surface area contributed by atoms with Crippen molar-refractivity contribution in [1.82, 2.24) is 10.6 Å². The largest absolute Gasteiger partial charge is 0.396 e. The standard InChI is InChI=1S/C11H22N2O2/c14-9-4-2-1-3-7-12-10-6-5-8-13-11(10)15/h10,12,14H,1-9H2,(H,13,15). The fourth-order valence-corrected chi connectivity index (χ4v) is 1.83. The molecule has 1 amide bonds. The summed E-state index contributed by atoms with van der Waals surface area (Å²) in [7, 11) is 0. The number of aliphatic hydroxyl groups is 1. The number of piperidine rings is 1. The lowest BCUT2D eigenvalue weighted by Gasteiger charge is -2.22. The van der Waals surface area contributed by atoms with Crippen LogP contribution in [-0.2, 0) is 4.79 Å². The third kappa shape index (κ3) is 5.14. The van der Waals surface area contributed by atoms with Crippen LogP contribution in [0.4, 0.5) is 0 Å². The second kappa shape index (κ2) is 7.65. The van der Waals surface area contributed by atoms with Crippen molar-refractivity contribution in [3.63, 3.8) is 0 Å². The molecule has 15 heavy (non-hydrogen) atoms. The van der Waals surface area contributed by atoms with Gasteiger partial charge in [0.25, 0.3) is 0 Å². The predicted octanol–water partition coefficient (Wildman–Crippen LogP) is 0.407. The monoisotopic (exact) mass is 214 g/mol. The van der Waals surface area contributed by atoms with Crippen molar-refractivity contribution in [1.29, 1.82) is 0 Å². The van der Waals surface area contributed by atoms with Crippen molar-refractivity contribution < 1.29 is 9.90 Å². The van der Waals surface area contributed by atoms with Crippen LogP contribution in [0.2, 0.25) is 0 Å². The Morgan fingerprint density at radius 3 is 2.87 bits per heavy atom. The SMILES string of the molecule is O=C1NCCCC1NCCCCCCO. The summed E-state index contributed by atoms with van der Waals surface area (Å²) < 4.78 is 0. The maximum atomic E-state index is 11.4. The predicted molar refractivity (Wildman–Crippen MR) is 59.6 cm³/mol. The van der Waals surface area contributed by atoms with E-state index in [4.69, 9.17) is 5.11 Å². The first kappa shape index (κ1) is 12.5. The van der Waals surface area contributed by atoms with Gasteiger partial charge in [0.1, 0.15) is 0 Å². The van der Waals surface area contributed by atoms with Gasteiger partial charge in [-0.1, -0.05) is 12.8 Å². The van der Waals surface area contributed by atoms with Crippen molar-refractivity contribution in [2.75, 3.05) is 19.7 Å². The minimum Gasteiger partial charge on any atom is -0.396 e. The first-order chi connectivity index (χ1) is 7.34. The second-order valence-corrected chi connectivity index (χ2v) is 4.08. The van der Waals surface area contributed by atoms with Crippen LogP contribution in [0.3, 0.4) is 0 Å². The molecule has 4 heteroatoms. The van der Waals surface area contributed by atoms with E-state index in [-0.39, 0.29) is 11.9 Å². The average Bonchev–Trinajstić information content (AvgIpc) is 2.25. The third-order valence-electron chi connectivity index (χ3n) is 2.76. The van der Waals surface area contributed by atoms with E-state index in [1.807, 2.05) is 0 Å². The smallest absolute Gasteiger partial charge is 0.237 e. The highest BCUT2D eigenvalue weighted by Crippen LogP contribution is 2.03. The Hall–Kier alpha value is -0.610. The maximum Gasteiger partial charge on any atom is 0.237 e. The van der Waals surface area contributed by atoms with Crippen LogP contribution < -0.4 is 10.6 Å². The number of rotatable bonds is 7. The van der Waals surface area contributed by atoms with Crippen molar-refractivity contribution in [3.8, 4) is 0 Å². The molecule has 0 radical (unpaired) electrons. The van der Waals surface area contributed by atoms with Gasteiger partial charge in [-0.25, -0.2) is 0 Å². The van der Waals surface area contributed by atoms with Gasteiger partial charge >= 0.3 is 0 Å². The van der Waals surface area contributed by atoms with Gasteiger partial charge in [0, 0.05) is 13.2 Å². The van der Waals surface area contributed by atoms with E-state index >= 15 is 0 Å². The topological polar surface area (TPSA) is 61.4 Å². The first-order valence-electron chi connectivity index (χ1n) is 5.96. The molecule has 1 aliphatic rings. The van der Waals surface area contributed by atoms with Gasteiger partial charge in [0.15, 0.2) is 0 Å². The maximum absolute atomic E-state index is 11.4. The van der Waals surface area contributed by atoms with Crippen molar-refractivity contribution in [2.24, 2.45) is 0 Å². The van der Waals surface area contributed by atoms with Crippen molar-refractivity contribution >= 4 is 5.91 Å². The Morgan fingerprint density at radius 2 is 2.13 bits per heavy atom. The Balaban J connectivity index is 1.96. The van der Waals surface area contributed by atoms with Gasteiger partial charge < -0.3 is 15.7 Å². The van der Waals surface area contributed by atoms with Crippen LogP contribution in [0, 0.1) is 0 Å². The average molecular weight is 214 g/mol. The quantitative estimate of drug-likeness (QED) is 0.538. The lowest BCUT2D eigenvalue weighted by Crippen LogP contribution is -2.48. The molecule has 0 aromatic heterocycles. The molecule has 0 spiro atoms. The summed E-state index contributed by atoms with van der Waals surface area (Å²) in [6.45, 7) is 2.02. The zero-order valence-electron chi connectivity index (χ0n) is 9.30. The highest BCUT2D eigenvalue weighted by Gasteiger charge is 2.20. The normalized spacial score (nSPS) is 21.4. The minimum absolute atomic E-state index is 0.0246. The Labute approximate surface area is 91.4 Å². The van der Waals surface area contributed by atoms with E-state index in [0.717, 1.165) is 51.6 Å².